The van der Waals surface area contributed by atoms with Gasteiger partial charge in [0.2, 0.25) is 0 Å². The Kier molecular flexibility index (Phi) is 48.5. The molecule has 0 aromatic carbocycles. The predicted molar refractivity (Wildman–Crippen MR) is 289 cm³/mol. The molecule has 3 unspecified atom stereocenters. The molecule has 0 aliphatic heterocycles. The lowest BCUT2D eigenvalue weighted by atomic mass is 9.73. The lowest BCUT2D eigenvalue weighted by Gasteiger charge is -2.35. The first-order valence-electron chi connectivity index (χ1n) is 30.2. The molecule has 6 nitrogen and oxygen atoms in total. The van der Waals surface area contributed by atoms with Gasteiger partial charge in [0, 0.05) is 19.3 Å². The van der Waals surface area contributed by atoms with E-state index in [1.165, 1.54) is 199 Å². The Morgan fingerprint density at radius 1 is 0.418 bits per heavy atom. The number of Topliss-reactive ketones (excluding diaryl/α,β-unsaturated/α-hetero) is 1. The zero-order valence-electron chi connectivity index (χ0n) is 46.2. The Balaban J connectivity index is 4.36. The number of hydrogen-bond acceptors (Lipinski definition) is 6. The average Bonchev–Trinajstić information content (AvgIpc) is 3.32. The molecule has 0 radical (unpaired) electrons. The zero-order valence-corrected chi connectivity index (χ0v) is 46.2. The molecule has 0 heterocycles. The summed E-state index contributed by atoms with van der Waals surface area (Å²) in [6.07, 6.45) is 54.1. The van der Waals surface area contributed by atoms with Crippen molar-refractivity contribution in [1.82, 2.24) is 0 Å². The first kappa shape index (κ1) is 65.6. The van der Waals surface area contributed by atoms with Crippen LogP contribution in [0.1, 0.15) is 343 Å². The highest BCUT2D eigenvalue weighted by molar-refractivity contribution is 5.75. The Labute approximate surface area is 418 Å². The molecule has 0 fully saturated rings. The smallest absolute Gasteiger partial charge is 0.306 e. The minimum atomic E-state index is -0.0994. The van der Waals surface area contributed by atoms with Crippen molar-refractivity contribution in [3.05, 3.63) is 0 Å². The normalized spacial score (nSPS) is 13.2. The summed E-state index contributed by atoms with van der Waals surface area (Å²) in [5.74, 6) is 0.835. The van der Waals surface area contributed by atoms with E-state index in [0.29, 0.717) is 31.1 Å². The van der Waals surface area contributed by atoms with Gasteiger partial charge in [-0.2, -0.15) is 0 Å². The molecular weight excluding hydrogens is 829 g/mol. The molecule has 0 amide bonds. The van der Waals surface area contributed by atoms with Gasteiger partial charge in [-0.25, -0.2) is 0 Å². The molecule has 0 rings (SSSR count). The second-order valence-corrected chi connectivity index (χ2v) is 21.7. The van der Waals surface area contributed by atoms with E-state index < -0.39 is 0 Å². The molecule has 398 valence electrons. The van der Waals surface area contributed by atoms with E-state index in [1.54, 1.807) is 6.92 Å². The van der Waals surface area contributed by atoms with E-state index in [4.69, 9.17) is 9.47 Å². The fourth-order valence-corrected chi connectivity index (χ4v) is 10.4. The molecule has 0 aliphatic carbocycles. The summed E-state index contributed by atoms with van der Waals surface area (Å²) in [5, 5.41) is 10.2. The maximum Gasteiger partial charge on any atom is 0.306 e. The molecule has 0 aliphatic rings. The van der Waals surface area contributed by atoms with Crippen LogP contribution in [0.5, 0.6) is 0 Å². The number of rotatable bonds is 54. The van der Waals surface area contributed by atoms with Crippen molar-refractivity contribution in [2.24, 2.45) is 11.3 Å². The van der Waals surface area contributed by atoms with Gasteiger partial charge in [0.15, 0.2) is 0 Å². The Bertz CT molecular complexity index is 1070. The third kappa shape index (κ3) is 44.3. The number of ketones is 1. The lowest BCUT2D eigenvalue weighted by molar-refractivity contribution is -0.151. The summed E-state index contributed by atoms with van der Waals surface area (Å²) in [7, 11) is 0. The van der Waals surface area contributed by atoms with Crippen LogP contribution < -0.4 is 0 Å². The highest BCUT2D eigenvalue weighted by Gasteiger charge is 2.31. The summed E-state index contributed by atoms with van der Waals surface area (Å²) in [4.78, 5) is 37.0. The monoisotopic (exact) mass is 947 g/mol. The average molecular weight is 948 g/mol. The quantitative estimate of drug-likeness (QED) is 0.0483. The third-order valence-electron chi connectivity index (χ3n) is 15.3. The van der Waals surface area contributed by atoms with Gasteiger partial charge in [-0.1, -0.05) is 247 Å². The summed E-state index contributed by atoms with van der Waals surface area (Å²) in [6.45, 7) is 13.7. The summed E-state index contributed by atoms with van der Waals surface area (Å²) in [5.41, 5.74) is 0.264. The number of aliphatic hydroxyl groups excluding tert-OH is 1. The molecule has 1 N–H and O–H groups in total. The topological polar surface area (TPSA) is 89.9 Å². The molecule has 0 spiro atoms. The van der Waals surface area contributed by atoms with Crippen LogP contribution in [0.3, 0.4) is 0 Å². The minimum absolute atomic E-state index is 0.000266. The molecule has 0 saturated heterocycles. The molecule has 0 bridgehead atoms. The van der Waals surface area contributed by atoms with E-state index >= 15 is 0 Å². The van der Waals surface area contributed by atoms with Crippen LogP contribution in [0.4, 0.5) is 0 Å². The van der Waals surface area contributed by atoms with Crippen molar-refractivity contribution < 1.29 is 29.0 Å². The van der Waals surface area contributed by atoms with E-state index in [0.717, 1.165) is 89.9 Å². The van der Waals surface area contributed by atoms with Gasteiger partial charge in [0.05, 0.1) is 12.7 Å². The van der Waals surface area contributed by atoms with Crippen LogP contribution in [0.25, 0.3) is 0 Å². The van der Waals surface area contributed by atoms with Crippen LogP contribution in [0.2, 0.25) is 0 Å². The maximum absolute atomic E-state index is 13.2. The number of hydrogen-bond donors (Lipinski definition) is 1. The third-order valence-corrected chi connectivity index (χ3v) is 15.3. The number of carbonyl (C=O) groups is 3. The van der Waals surface area contributed by atoms with Gasteiger partial charge in [-0.15, -0.1) is 0 Å². The van der Waals surface area contributed by atoms with Crippen LogP contribution in [0, 0.1) is 11.3 Å². The summed E-state index contributed by atoms with van der Waals surface area (Å²) >= 11 is 0. The van der Waals surface area contributed by atoms with Crippen LogP contribution in [-0.2, 0) is 23.9 Å². The van der Waals surface area contributed by atoms with E-state index in [1.807, 2.05) is 0 Å². The van der Waals surface area contributed by atoms with Gasteiger partial charge in [0.25, 0.3) is 0 Å². The first-order valence-corrected chi connectivity index (χ1v) is 30.2. The summed E-state index contributed by atoms with van der Waals surface area (Å²) in [6, 6.07) is 0. The van der Waals surface area contributed by atoms with Crippen LogP contribution >= 0.6 is 0 Å². The highest BCUT2D eigenvalue weighted by Crippen LogP contribution is 2.39. The van der Waals surface area contributed by atoms with Crippen molar-refractivity contribution >= 4 is 17.7 Å². The second-order valence-electron chi connectivity index (χ2n) is 21.7. The number of carbonyl (C=O) groups excluding carboxylic acids is 3. The zero-order chi connectivity index (χ0) is 49.3. The minimum Gasteiger partial charge on any atom is -0.465 e. The molecule has 0 aromatic heterocycles. The highest BCUT2D eigenvalue weighted by atomic mass is 16.5. The van der Waals surface area contributed by atoms with Crippen molar-refractivity contribution in [3.8, 4) is 0 Å². The Hall–Kier alpha value is -1.43. The first-order chi connectivity index (χ1) is 32.6. The van der Waals surface area contributed by atoms with E-state index in [9.17, 15) is 19.5 Å². The standard InChI is InChI=1S/C61H118O6/c1-7-12-15-36-45-56(54-66-59(64)50-41-32-26-21-19-25-31-39-48-57(63)47-38-16-13-8-2)46-37-30-24-18-20-27-33-42-51-60(65)67-58(49-40-17-14-9-3)53-61(10-4,11-5)52-43-34-28-22-23-29-35-44-55(6)62/h56-58,63H,7-54H2,1-6H3. The van der Waals surface area contributed by atoms with Gasteiger partial charge in [-0.05, 0) is 88.9 Å². The van der Waals surface area contributed by atoms with Crippen LogP contribution in [0.15, 0.2) is 0 Å². The Morgan fingerprint density at radius 3 is 1.21 bits per heavy atom. The number of aliphatic hydroxyl groups is 1. The van der Waals surface area contributed by atoms with E-state index in [-0.39, 0.29) is 29.6 Å². The summed E-state index contributed by atoms with van der Waals surface area (Å²) < 4.78 is 12.2. The van der Waals surface area contributed by atoms with Crippen molar-refractivity contribution in [2.45, 2.75) is 356 Å². The predicted octanol–water partition coefficient (Wildman–Crippen LogP) is 19.4. The molecule has 3 atom stereocenters. The Morgan fingerprint density at radius 2 is 0.776 bits per heavy atom. The van der Waals surface area contributed by atoms with E-state index in [2.05, 4.69) is 34.6 Å². The number of esters is 2. The van der Waals surface area contributed by atoms with Gasteiger partial charge in [0.1, 0.15) is 11.9 Å². The SMILES string of the molecule is CCCCCCC(O)CCCCCCCCCCC(=O)OCC(CCCCCC)CCCCCCCCCCC(=O)OC(CCCCCC)CC(CC)(CC)CCCCCCCCCC(C)=O. The number of unbranched alkanes of at least 4 members (excludes halogenated alkanes) is 29. The molecule has 0 aromatic rings. The molecular formula is C61H118O6. The second kappa shape index (κ2) is 49.5. The molecule has 0 saturated carbocycles. The van der Waals surface area contributed by atoms with Gasteiger partial charge < -0.3 is 19.4 Å². The van der Waals surface area contributed by atoms with Crippen molar-refractivity contribution in [1.29, 1.82) is 0 Å². The van der Waals surface area contributed by atoms with Crippen molar-refractivity contribution in [2.75, 3.05) is 6.61 Å². The largest absolute Gasteiger partial charge is 0.465 e. The van der Waals surface area contributed by atoms with Gasteiger partial charge >= 0.3 is 11.9 Å². The fraction of sp³-hybridized carbons (Fsp3) is 0.951. The van der Waals surface area contributed by atoms with Crippen LogP contribution in [-0.4, -0.2) is 41.6 Å². The van der Waals surface area contributed by atoms with Crippen molar-refractivity contribution in [3.63, 3.8) is 0 Å². The van der Waals surface area contributed by atoms with Gasteiger partial charge in [-0.3, -0.25) is 9.59 Å². The number of ether oxygens (including phenoxy) is 2. The molecule has 67 heavy (non-hydrogen) atoms. The molecule has 6 heteroatoms. The maximum atomic E-state index is 13.2. The fourth-order valence-electron chi connectivity index (χ4n) is 10.4. The lowest BCUT2D eigenvalue weighted by Crippen LogP contribution is -2.29.